The first-order valence-corrected chi connectivity index (χ1v) is 7.27. The molecule has 0 aliphatic rings. The number of halogens is 1. The van der Waals surface area contributed by atoms with Gasteiger partial charge in [-0.1, -0.05) is 50.4 Å². The summed E-state index contributed by atoms with van der Waals surface area (Å²) in [5.74, 6) is 0.715. The number of anilines is 1. The van der Waals surface area contributed by atoms with Gasteiger partial charge in [-0.3, -0.25) is 0 Å². The van der Waals surface area contributed by atoms with E-state index in [9.17, 15) is 0 Å². The van der Waals surface area contributed by atoms with E-state index in [0.29, 0.717) is 12.5 Å². The molecule has 102 valence electrons. The second-order valence-electron chi connectivity index (χ2n) is 4.67. The lowest BCUT2D eigenvalue weighted by Gasteiger charge is -2.30. The lowest BCUT2D eigenvalue weighted by Crippen LogP contribution is -2.30. The molecular weight excluding hydrogens is 244 g/mol. The van der Waals surface area contributed by atoms with Crippen LogP contribution in [0.1, 0.15) is 39.2 Å². The van der Waals surface area contributed by atoms with Crippen molar-refractivity contribution in [3.63, 3.8) is 0 Å². The minimum atomic E-state index is 0.537. The van der Waals surface area contributed by atoms with Gasteiger partial charge >= 0.3 is 0 Å². The molecule has 1 aromatic rings. The predicted molar refractivity (Wildman–Crippen MR) is 81.3 cm³/mol. The summed E-state index contributed by atoms with van der Waals surface area (Å²) in [6, 6.07) is 5.99. The Bertz CT molecular complexity index is 362. The van der Waals surface area contributed by atoms with Gasteiger partial charge in [-0.05, 0) is 24.5 Å². The fourth-order valence-corrected chi connectivity index (χ4v) is 2.63. The quantitative estimate of drug-likeness (QED) is 0.808. The van der Waals surface area contributed by atoms with Gasteiger partial charge in [0, 0.05) is 19.6 Å². The predicted octanol–water partition coefficient (Wildman–Crippen LogP) is 4.06. The Morgan fingerprint density at radius 2 is 1.89 bits per heavy atom. The average molecular weight is 269 g/mol. The zero-order chi connectivity index (χ0) is 13.5. The van der Waals surface area contributed by atoms with Gasteiger partial charge in [0.1, 0.15) is 0 Å². The number of para-hydroxylation sites is 1. The Morgan fingerprint density at radius 1 is 1.22 bits per heavy atom. The van der Waals surface area contributed by atoms with E-state index in [1.54, 1.807) is 0 Å². The molecule has 1 rings (SSSR count). The monoisotopic (exact) mass is 268 g/mol. The highest BCUT2D eigenvalue weighted by Gasteiger charge is 2.16. The second-order valence-corrected chi connectivity index (χ2v) is 5.08. The summed E-state index contributed by atoms with van der Waals surface area (Å²) in [4.78, 5) is 2.36. The van der Waals surface area contributed by atoms with Gasteiger partial charge in [0.15, 0.2) is 0 Å². The van der Waals surface area contributed by atoms with E-state index in [-0.39, 0.29) is 0 Å². The molecule has 0 amide bonds. The Kier molecular flexibility index (Phi) is 6.51. The van der Waals surface area contributed by atoms with Crippen LogP contribution in [0.25, 0.3) is 0 Å². The van der Waals surface area contributed by atoms with E-state index >= 15 is 0 Å². The summed E-state index contributed by atoms with van der Waals surface area (Å²) < 4.78 is 0. The van der Waals surface area contributed by atoms with Gasteiger partial charge in [0.05, 0.1) is 10.7 Å². The molecule has 0 fully saturated rings. The van der Waals surface area contributed by atoms with Gasteiger partial charge in [-0.25, -0.2) is 0 Å². The van der Waals surface area contributed by atoms with Crippen LogP contribution in [0.5, 0.6) is 0 Å². The third-order valence-electron chi connectivity index (χ3n) is 3.62. The molecule has 0 unspecified atom stereocenters. The molecule has 0 atom stereocenters. The molecule has 0 aromatic heterocycles. The summed E-state index contributed by atoms with van der Waals surface area (Å²) >= 11 is 6.35. The molecule has 0 saturated heterocycles. The van der Waals surface area contributed by atoms with Crippen molar-refractivity contribution in [2.24, 2.45) is 11.7 Å². The molecule has 0 saturated carbocycles. The fraction of sp³-hybridized carbons (Fsp3) is 0.600. The summed E-state index contributed by atoms with van der Waals surface area (Å²) in [6.07, 6.45) is 2.41. The average Bonchev–Trinajstić information content (AvgIpc) is 2.41. The van der Waals surface area contributed by atoms with Gasteiger partial charge in [0.2, 0.25) is 0 Å². The topological polar surface area (TPSA) is 29.3 Å². The van der Waals surface area contributed by atoms with Crippen LogP contribution in [-0.2, 0) is 6.54 Å². The van der Waals surface area contributed by atoms with Crippen molar-refractivity contribution in [2.75, 3.05) is 18.0 Å². The van der Waals surface area contributed by atoms with Gasteiger partial charge in [0.25, 0.3) is 0 Å². The SMILES string of the molecule is CCC(CC)CN(CC)c1c(Cl)cccc1CN. The zero-order valence-electron chi connectivity index (χ0n) is 11.7. The van der Waals surface area contributed by atoms with Crippen LogP contribution in [0.4, 0.5) is 5.69 Å². The van der Waals surface area contributed by atoms with Crippen LogP contribution >= 0.6 is 11.6 Å². The highest BCUT2D eigenvalue weighted by Crippen LogP contribution is 2.30. The van der Waals surface area contributed by atoms with E-state index in [0.717, 1.165) is 29.4 Å². The lowest BCUT2D eigenvalue weighted by atomic mass is 10.0. The van der Waals surface area contributed by atoms with Crippen LogP contribution < -0.4 is 10.6 Å². The van der Waals surface area contributed by atoms with Crippen molar-refractivity contribution in [1.82, 2.24) is 0 Å². The molecule has 0 aliphatic heterocycles. The number of rotatable bonds is 7. The highest BCUT2D eigenvalue weighted by atomic mass is 35.5. The Hall–Kier alpha value is -0.730. The summed E-state index contributed by atoms with van der Waals surface area (Å²) in [6.45, 7) is 9.23. The molecule has 0 bridgehead atoms. The fourth-order valence-electron chi connectivity index (χ4n) is 2.32. The van der Waals surface area contributed by atoms with Crippen LogP contribution in [0, 0.1) is 5.92 Å². The molecule has 1 aromatic carbocycles. The minimum absolute atomic E-state index is 0.537. The van der Waals surface area contributed by atoms with Crippen molar-refractivity contribution < 1.29 is 0 Å². The molecular formula is C15H25ClN2. The maximum Gasteiger partial charge on any atom is 0.0642 e. The number of benzene rings is 1. The molecule has 0 spiro atoms. The largest absolute Gasteiger partial charge is 0.370 e. The second kappa shape index (κ2) is 7.65. The van der Waals surface area contributed by atoms with E-state index in [4.69, 9.17) is 17.3 Å². The molecule has 3 heteroatoms. The van der Waals surface area contributed by atoms with Crippen molar-refractivity contribution in [3.8, 4) is 0 Å². The van der Waals surface area contributed by atoms with E-state index in [2.05, 4.69) is 31.7 Å². The lowest BCUT2D eigenvalue weighted by molar-refractivity contribution is 0.485. The van der Waals surface area contributed by atoms with Crippen molar-refractivity contribution in [2.45, 2.75) is 40.2 Å². The van der Waals surface area contributed by atoms with Crippen LogP contribution in [0.15, 0.2) is 18.2 Å². The first-order valence-electron chi connectivity index (χ1n) is 6.90. The molecule has 2 nitrogen and oxygen atoms in total. The van der Waals surface area contributed by atoms with Crippen LogP contribution in [0.2, 0.25) is 5.02 Å². The summed E-state index contributed by atoms with van der Waals surface area (Å²) in [5.41, 5.74) is 8.08. The number of hydrogen-bond acceptors (Lipinski definition) is 2. The Labute approximate surface area is 116 Å². The summed E-state index contributed by atoms with van der Waals surface area (Å²) in [5, 5.41) is 0.811. The maximum absolute atomic E-state index is 6.35. The normalized spacial score (nSPS) is 11.0. The van der Waals surface area contributed by atoms with E-state index in [1.807, 2.05) is 12.1 Å². The Morgan fingerprint density at radius 3 is 2.39 bits per heavy atom. The third-order valence-corrected chi connectivity index (χ3v) is 3.93. The minimum Gasteiger partial charge on any atom is -0.370 e. The molecule has 0 radical (unpaired) electrons. The molecule has 0 aliphatic carbocycles. The zero-order valence-corrected chi connectivity index (χ0v) is 12.5. The van der Waals surface area contributed by atoms with Crippen LogP contribution in [-0.4, -0.2) is 13.1 Å². The van der Waals surface area contributed by atoms with Crippen molar-refractivity contribution in [1.29, 1.82) is 0 Å². The molecule has 2 N–H and O–H groups in total. The summed E-state index contributed by atoms with van der Waals surface area (Å²) in [7, 11) is 0. The number of nitrogens with two attached hydrogens (primary N) is 1. The van der Waals surface area contributed by atoms with Gasteiger partial charge < -0.3 is 10.6 Å². The first-order chi connectivity index (χ1) is 8.67. The number of nitrogens with zero attached hydrogens (tertiary/aromatic N) is 1. The van der Waals surface area contributed by atoms with Crippen molar-refractivity contribution >= 4 is 17.3 Å². The van der Waals surface area contributed by atoms with E-state index in [1.165, 1.54) is 12.8 Å². The van der Waals surface area contributed by atoms with E-state index < -0.39 is 0 Å². The smallest absolute Gasteiger partial charge is 0.0642 e. The maximum atomic E-state index is 6.35. The Balaban J connectivity index is 3.00. The number of hydrogen-bond donors (Lipinski definition) is 1. The standard InChI is InChI=1S/C15H25ClN2/c1-4-12(5-2)11-18(6-3)15-13(10-17)8-7-9-14(15)16/h7-9,12H,4-6,10-11,17H2,1-3H3. The molecule has 0 heterocycles. The van der Waals surface area contributed by atoms with Crippen molar-refractivity contribution in [3.05, 3.63) is 28.8 Å². The third kappa shape index (κ3) is 3.63. The van der Waals surface area contributed by atoms with Gasteiger partial charge in [-0.2, -0.15) is 0 Å². The highest BCUT2D eigenvalue weighted by molar-refractivity contribution is 6.33. The first kappa shape index (κ1) is 15.3. The molecule has 18 heavy (non-hydrogen) atoms. The van der Waals surface area contributed by atoms with Gasteiger partial charge in [-0.15, -0.1) is 0 Å². The van der Waals surface area contributed by atoms with Crippen LogP contribution in [0.3, 0.4) is 0 Å².